The zero-order chi connectivity index (χ0) is 24.8. The number of nitrogens with zero attached hydrogens (tertiary/aromatic N) is 2. The Morgan fingerprint density at radius 2 is 2.03 bits per heavy atom. The summed E-state index contributed by atoms with van der Waals surface area (Å²) in [6, 6.07) is 15.1. The number of hydrogen-bond acceptors (Lipinski definition) is 5. The maximum atomic E-state index is 14.8. The van der Waals surface area contributed by atoms with Crippen LogP contribution in [0.15, 0.2) is 48.5 Å². The van der Waals surface area contributed by atoms with Gasteiger partial charge in [0.25, 0.3) is 0 Å². The Labute approximate surface area is 204 Å². The fourth-order valence-corrected chi connectivity index (χ4v) is 4.05. The van der Waals surface area contributed by atoms with Gasteiger partial charge in [0.2, 0.25) is 5.88 Å². The van der Waals surface area contributed by atoms with Crippen molar-refractivity contribution >= 4 is 11.8 Å². The lowest BCUT2D eigenvalue weighted by atomic mass is 10.1. The first kappa shape index (κ1) is 24.7. The number of ether oxygens (including phenoxy) is 2. The molecule has 186 valence electrons. The summed E-state index contributed by atoms with van der Waals surface area (Å²) in [6.07, 6.45) is 0.393. The van der Waals surface area contributed by atoms with E-state index in [0.29, 0.717) is 37.5 Å². The van der Waals surface area contributed by atoms with Crippen molar-refractivity contribution in [3.05, 3.63) is 70.8 Å². The molecule has 2 heterocycles. The second kappa shape index (κ2) is 10.9. The zero-order valence-electron chi connectivity index (χ0n) is 20.4. The van der Waals surface area contributed by atoms with Gasteiger partial charge in [0.1, 0.15) is 12.4 Å². The number of aryl methyl sites for hydroxylation is 1. The fraction of sp³-hybridized carbons (Fsp3) is 0.385. The van der Waals surface area contributed by atoms with Gasteiger partial charge in [-0.15, -0.1) is 5.10 Å². The molecule has 1 atom stereocenters. The first-order valence-corrected chi connectivity index (χ1v) is 11.7. The summed E-state index contributed by atoms with van der Waals surface area (Å²) < 4.78 is 27.4. The number of halogens is 1. The molecule has 1 aromatic heterocycles. The van der Waals surface area contributed by atoms with Crippen LogP contribution in [0.4, 0.5) is 15.0 Å². The topological polar surface area (TPSA) is 89.4 Å². The van der Waals surface area contributed by atoms with Crippen molar-refractivity contribution < 1.29 is 18.7 Å². The summed E-state index contributed by atoms with van der Waals surface area (Å²) in [7, 11) is 1.65. The van der Waals surface area contributed by atoms with Crippen molar-refractivity contribution in [2.45, 2.75) is 39.1 Å². The number of carbonyl (C=O) groups excluding carboxylic acids is 1. The molecule has 0 spiro atoms. The van der Waals surface area contributed by atoms with Crippen molar-refractivity contribution in [2.75, 3.05) is 32.1 Å². The van der Waals surface area contributed by atoms with Crippen molar-refractivity contribution in [3.8, 4) is 11.6 Å². The number of methoxy groups -OCH3 is 1. The SMILES string of the molecule is COCc1ccc(C)c(CNC(=O)Nc2c(C)c(OCC3(F)CCNC3)nn2-c2ccccc2)c1. The van der Waals surface area contributed by atoms with Crippen LogP contribution in [0.5, 0.6) is 5.88 Å². The highest BCUT2D eigenvalue weighted by molar-refractivity contribution is 5.89. The van der Waals surface area contributed by atoms with E-state index in [4.69, 9.17) is 9.47 Å². The minimum absolute atomic E-state index is 0.102. The fourth-order valence-electron chi connectivity index (χ4n) is 4.05. The molecular weight excluding hydrogens is 449 g/mol. The summed E-state index contributed by atoms with van der Waals surface area (Å²) in [4.78, 5) is 12.9. The summed E-state index contributed by atoms with van der Waals surface area (Å²) >= 11 is 0. The number of anilines is 1. The van der Waals surface area contributed by atoms with E-state index in [9.17, 15) is 9.18 Å². The van der Waals surface area contributed by atoms with E-state index in [1.54, 1.807) is 18.7 Å². The molecule has 35 heavy (non-hydrogen) atoms. The smallest absolute Gasteiger partial charge is 0.320 e. The van der Waals surface area contributed by atoms with Gasteiger partial charge < -0.3 is 20.1 Å². The highest BCUT2D eigenvalue weighted by Gasteiger charge is 2.35. The molecule has 0 saturated carbocycles. The standard InChI is InChI=1S/C26H32FN5O3/c1-18-9-10-20(15-34-3)13-21(18)14-29-25(33)30-23-19(2)24(35-17-26(27)11-12-28-16-26)31-32(23)22-7-5-4-6-8-22/h4-10,13,28H,11-12,14-17H2,1-3H3,(H2,29,30,33). The number of para-hydroxylation sites is 1. The van der Waals surface area contributed by atoms with E-state index < -0.39 is 5.67 Å². The number of rotatable bonds is 9. The number of amides is 2. The van der Waals surface area contributed by atoms with E-state index in [2.05, 4.69) is 21.0 Å². The van der Waals surface area contributed by atoms with Gasteiger partial charge in [-0.25, -0.2) is 13.9 Å². The second-order valence-electron chi connectivity index (χ2n) is 8.89. The van der Waals surface area contributed by atoms with E-state index in [1.807, 2.05) is 55.5 Å². The molecule has 0 aliphatic carbocycles. The number of urea groups is 1. The van der Waals surface area contributed by atoms with Gasteiger partial charge >= 0.3 is 6.03 Å². The molecule has 1 unspecified atom stereocenters. The summed E-state index contributed by atoms with van der Waals surface area (Å²) in [6.45, 7) is 5.44. The van der Waals surface area contributed by atoms with Crippen LogP contribution in [0.25, 0.3) is 5.69 Å². The Bertz CT molecular complexity index is 1160. The second-order valence-corrected chi connectivity index (χ2v) is 8.89. The third kappa shape index (κ3) is 5.98. The molecule has 3 aromatic rings. The Balaban J connectivity index is 1.51. The summed E-state index contributed by atoms with van der Waals surface area (Å²) in [5.41, 5.74) is 3.07. The highest BCUT2D eigenvalue weighted by atomic mass is 19.1. The molecule has 4 rings (SSSR count). The van der Waals surface area contributed by atoms with Crippen LogP contribution >= 0.6 is 0 Å². The lowest BCUT2D eigenvalue weighted by molar-refractivity contribution is 0.0998. The Kier molecular flexibility index (Phi) is 7.67. The molecule has 2 aromatic carbocycles. The molecule has 3 N–H and O–H groups in total. The average Bonchev–Trinajstić information content (AvgIpc) is 3.42. The van der Waals surface area contributed by atoms with Crippen LogP contribution in [0, 0.1) is 13.8 Å². The molecule has 1 aliphatic heterocycles. The van der Waals surface area contributed by atoms with Gasteiger partial charge in [0.15, 0.2) is 5.67 Å². The monoisotopic (exact) mass is 481 g/mol. The van der Waals surface area contributed by atoms with Crippen molar-refractivity contribution in [1.29, 1.82) is 0 Å². The van der Waals surface area contributed by atoms with Crippen molar-refractivity contribution in [2.24, 2.45) is 0 Å². The highest BCUT2D eigenvalue weighted by Crippen LogP contribution is 2.30. The average molecular weight is 482 g/mol. The predicted octanol–water partition coefficient (Wildman–Crippen LogP) is 4.04. The molecule has 1 fully saturated rings. The van der Waals surface area contributed by atoms with E-state index in [1.165, 1.54) is 0 Å². The predicted molar refractivity (Wildman–Crippen MR) is 133 cm³/mol. The van der Waals surface area contributed by atoms with Gasteiger partial charge in [-0.05, 0) is 55.6 Å². The normalized spacial score (nSPS) is 17.4. The Morgan fingerprint density at radius 3 is 2.74 bits per heavy atom. The van der Waals surface area contributed by atoms with E-state index in [0.717, 1.165) is 22.4 Å². The first-order chi connectivity index (χ1) is 16.9. The quantitative estimate of drug-likeness (QED) is 0.429. The van der Waals surface area contributed by atoms with Crippen LogP contribution in [0.3, 0.4) is 0 Å². The Hall–Kier alpha value is -3.43. The van der Waals surface area contributed by atoms with E-state index >= 15 is 0 Å². The van der Waals surface area contributed by atoms with Gasteiger partial charge in [0, 0.05) is 20.2 Å². The lowest BCUT2D eigenvalue weighted by Crippen LogP contribution is -2.33. The van der Waals surface area contributed by atoms with Gasteiger partial charge in [-0.3, -0.25) is 5.32 Å². The Morgan fingerprint density at radius 1 is 1.23 bits per heavy atom. The van der Waals surface area contributed by atoms with Crippen LogP contribution in [-0.2, 0) is 17.9 Å². The lowest BCUT2D eigenvalue weighted by Gasteiger charge is -2.17. The maximum Gasteiger partial charge on any atom is 0.320 e. The van der Waals surface area contributed by atoms with Crippen molar-refractivity contribution in [3.63, 3.8) is 0 Å². The number of hydrogen-bond donors (Lipinski definition) is 3. The number of nitrogens with one attached hydrogen (secondary N) is 3. The summed E-state index contributed by atoms with van der Waals surface area (Å²) in [5, 5.41) is 13.4. The van der Waals surface area contributed by atoms with Crippen LogP contribution in [-0.4, -0.2) is 48.3 Å². The van der Waals surface area contributed by atoms with Gasteiger partial charge in [-0.1, -0.05) is 36.4 Å². The molecular formula is C26H32FN5O3. The minimum Gasteiger partial charge on any atom is -0.473 e. The largest absolute Gasteiger partial charge is 0.473 e. The molecule has 2 amide bonds. The van der Waals surface area contributed by atoms with Crippen molar-refractivity contribution in [1.82, 2.24) is 20.4 Å². The molecule has 9 heteroatoms. The number of alkyl halides is 1. The molecule has 8 nitrogen and oxygen atoms in total. The number of benzene rings is 2. The van der Waals surface area contributed by atoms with Gasteiger partial charge in [-0.2, -0.15) is 0 Å². The minimum atomic E-state index is -1.43. The molecule has 0 bridgehead atoms. The maximum absolute atomic E-state index is 14.8. The van der Waals surface area contributed by atoms with Crippen LogP contribution in [0.2, 0.25) is 0 Å². The van der Waals surface area contributed by atoms with Crippen LogP contribution in [0.1, 0.15) is 28.7 Å². The molecule has 1 aliphatic rings. The van der Waals surface area contributed by atoms with Crippen LogP contribution < -0.4 is 20.7 Å². The zero-order valence-corrected chi connectivity index (χ0v) is 20.4. The van der Waals surface area contributed by atoms with E-state index in [-0.39, 0.29) is 25.1 Å². The number of aromatic nitrogens is 2. The third-order valence-corrected chi connectivity index (χ3v) is 6.13. The third-order valence-electron chi connectivity index (χ3n) is 6.13. The summed E-state index contributed by atoms with van der Waals surface area (Å²) in [5.74, 6) is 0.752. The molecule has 1 saturated heterocycles. The molecule has 0 radical (unpaired) electrons. The first-order valence-electron chi connectivity index (χ1n) is 11.7. The number of carbonyl (C=O) groups is 1. The van der Waals surface area contributed by atoms with Gasteiger partial charge in [0.05, 0.1) is 17.9 Å².